The summed E-state index contributed by atoms with van der Waals surface area (Å²) in [5, 5.41) is 0. The predicted octanol–water partition coefficient (Wildman–Crippen LogP) is 3.99. The van der Waals surface area contributed by atoms with E-state index < -0.39 is 5.60 Å². The van der Waals surface area contributed by atoms with Gasteiger partial charge in [0.25, 0.3) is 11.8 Å². The van der Waals surface area contributed by atoms with E-state index in [0.29, 0.717) is 30.1 Å². The average molecular weight is 413 g/mol. The molecule has 0 N–H and O–H groups in total. The molecule has 1 aromatic heterocycles. The van der Waals surface area contributed by atoms with Gasteiger partial charge in [0, 0.05) is 24.0 Å². The summed E-state index contributed by atoms with van der Waals surface area (Å²) in [5.74, 6) is 0.337. The molecule has 6 heteroatoms. The molecular weight excluding hydrogens is 390 g/mol. The molecular formula is C25H23N3O3. The first-order valence-electron chi connectivity index (χ1n) is 10.4. The zero-order chi connectivity index (χ0) is 21.6. The SMILES string of the molecule is CC1(C)Oc2ccc(C(=O)N3CCc4ccccc43)cc2N(Cc2ccccn2)C1=O. The fourth-order valence-electron chi connectivity index (χ4n) is 4.22. The van der Waals surface area contributed by atoms with E-state index in [9.17, 15) is 9.59 Å². The van der Waals surface area contributed by atoms with Gasteiger partial charge in [-0.05, 0) is 62.2 Å². The lowest BCUT2D eigenvalue weighted by molar-refractivity contribution is -0.132. The summed E-state index contributed by atoms with van der Waals surface area (Å²) >= 11 is 0. The lowest BCUT2D eigenvalue weighted by Gasteiger charge is -2.39. The number of hydrogen-bond acceptors (Lipinski definition) is 4. The zero-order valence-corrected chi connectivity index (χ0v) is 17.5. The van der Waals surface area contributed by atoms with Crippen LogP contribution in [0.3, 0.4) is 0 Å². The van der Waals surface area contributed by atoms with Crippen LogP contribution in [0.5, 0.6) is 5.75 Å². The van der Waals surface area contributed by atoms with Crippen molar-refractivity contribution in [1.29, 1.82) is 0 Å². The Labute approximate surface area is 181 Å². The van der Waals surface area contributed by atoms with E-state index in [-0.39, 0.29) is 11.8 Å². The molecule has 0 bridgehead atoms. The van der Waals surface area contributed by atoms with E-state index in [2.05, 4.69) is 11.1 Å². The number of anilines is 2. The Hall–Kier alpha value is -3.67. The Balaban J connectivity index is 1.52. The van der Waals surface area contributed by atoms with E-state index >= 15 is 0 Å². The van der Waals surface area contributed by atoms with E-state index in [1.807, 2.05) is 36.4 Å². The molecule has 0 saturated heterocycles. The van der Waals surface area contributed by atoms with Crippen molar-refractivity contribution in [3.63, 3.8) is 0 Å². The Morgan fingerprint density at radius 3 is 2.68 bits per heavy atom. The van der Waals surface area contributed by atoms with Crippen LogP contribution in [0.25, 0.3) is 0 Å². The molecule has 6 nitrogen and oxygen atoms in total. The van der Waals surface area contributed by atoms with Gasteiger partial charge in [0.15, 0.2) is 5.60 Å². The number of ether oxygens (including phenoxy) is 1. The topological polar surface area (TPSA) is 62.7 Å². The van der Waals surface area contributed by atoms with Gasteiger partial charge in [-0.2, -0.15) is 0 Å². The van der Waals surface area contributed by atoms with Gasteiger partial charge in [0.2, 0.25) is 0 Å². The van der Waals surface area contributed by atoms with Crippen molar-refractivity contribution in [1.82, 2.24) is 4.98 Å². The van der Waals surface area contributed by atoms with Crippen LogP contribution in [0, 0.1) is 0 Å². The average Bonchev–Trinajstić information content (AvgIpc) is 3.21. The van der Waals surface area contributed by atoms with Gasteiger partial charge in [0.05, 0.1) is 17.9 Å². The number of aromatic nitrogens is 1. The molecule has 31 heavy (non-hydrogen) atoms. The maximum absolute atomic E-state index is 13.3. The quantitative estimate of drug-likeness (QED) is 0.651. The van der Waals surface area contributed by atoms with Crippen LogP contribution in [0.4, 0.5) is 11.4 Å². The number of hydrogen-bond donors (Lipinski definition) is 0. The number of benzene rings is 2. The van der Waals surface area contributed by atoms with Gasteiger partial charge in [0.1, 0.15) is 5.75 Å². The van der Waals surface area contributed by atoms with Gasteiger partial charge < -0.3 is 9.64 Å². The molecule has 0 unspecified atom stereocenters. The summed E-state index contributed by atoms with van der Waals surface area (Å²) in [4.78, 5) is 34.4. The highest BCUT2D eigenvalue weighted by molar-refractivity contribution is 6.09. The molecule has 0 saturated carbocycles. The van der Waals surface area contributed by atoms with Gasteiger partial charge >= 0.3 is 0 Å². The zero-order valence-electron chi connectivity index (χ0n) is 17.5. The molecule has 2 amide bonds. The first-order chi connectivity index (χ1) is 14.9. The summed E-state index contributed by atoms with van der Waals surface area (Å²) in [5.41, 5.74) is 3.01. The maximum Gasteiger partial charge on any atom is 0.271 e. The van der Waals surface area contributed by atoms with E-state index in [1.54, 1.807) is 48.0 Å². The summed E-state index contributed by atoms with van der Waals surface area (Å²) in [6.45, 7) is 4.47. The van der Waals surface area contributed by atoms with Gasteiger partial charge in [-0.25, -0.2) is 0 Å². The van der Waals surface area contributed by atoms with Crippen LogP contribution in [0.15, 0.2) is 66.9 Å². The third-order valence-electron chi connectivity index (χ3n) is 5.80. The van der Waals surface area contributed by atoms with Crippen LogP contribution in [-0.4, -0.2) is 28.9 Å². The van der Waals surface area contributed by atoms with Crippen molar-refractivity contribution in [2.75, 3.05) is 16.3 Å². The molecule has 0 radical (unpaired) electrons. The fraction of sp³-hybridized carbons (Fsp3) is 0.240. The third-order valence-corrected chi connectivity index (χ3v) is 5.80. The van der Waals surface area contributed by atoms with Crippen LogP contribution >= 0.6 is 0 Å². The minimum atomic E-state index is -0.999. The molecule has 2 aliphatic heterocycles. The van der Waals surface area contributed by atoms with Crippen molar-refractivity contribution in [2.24, 2.45) is 0 Å². The number of nitrogens with zero attached hydrogens (tertiary/aromatic N) is 3. The van der Waals surface area contributed by atoms with E-state index in [0.717, 1.165) is 17.8 Å². The first kappa shape index (κ1) is 19.3. The van der Waals surface area contributed by atoms with Crippen LogP contribution in [0.2, 0.25) is 0 Å². The molecule has 156 valence electrons. The number of para-hydroxylation sites is 1. The number of carbonyl (C=O) groups excluding carboxylic acids is 2. The first-order valence-corrected chi connectivity index (χ1v) is 10.4. The van der Waals surface area contributed by atoms with E-state index in [4.69, 9.17) is 4.74 Å². The normalized spacial score (nSPS) is 16.5. The lowest BCUT2D eigenvalue weighted by Crippen LogP contribution is -2.52. The molecule has 3 heterocycles. The molecule has 0 spiro atoms. The lowest BCUT2D eigenvalue weighted by atomic mass is 10.0. The van der Waals surface area contributed by atoms with E-state index in [1.165, 1.54) is 5.56 Å². The van der Waals surface area contributed by atoms with Gasteiger partial charge in [-0.15, -0.1) is 0 Å². The van der Waals surface area contributed by atoms with Gasteiger partial charge in [-0.1, -0.05) is 24.3 Å². The highest BCUT2D eigenvalue weighted by Gasteiger charge is 2.41. The number of amides is 2. The molecule has 3 aromatic rings. The van der Waals surface area contributed by atoms with Crippen LogP contribution in [-0.2, 0) is 17.8 Å². The summed E-state index contributed by atoms with van der Waals surface area (Å²) < 4.78 is 5.98. The van der Waals surface area contributed by atoms with Crippen molar-refractivity contribution in [2.45, 2.75) is 32.4 Å². The summed E-state index contributed by atoms with van der Waals surface area (Å²) in [7, 11) is 0. The van der Waals surface area contributed by atoms with Crippen molar-refractivity contribution in [3.8, 4) is 5.75 Å². The highest BCUT2D eigenvalue weighted by Crippen LogP contribution is 2.40. The maximum atomic E-state index is 13.3. The number of carbonyl (C=O) groups is 2. The largest absolute Gasteiger partial charge is 0.476 e. The molecule has 2 aromatic carbocycles. The standard InChI is InChI=1S/C25H23N3O3/c1-25(2)24(30)28(16-19-8-5-6-13-26-19)21-15-18(10-11-22(21)31-25)23(29)27-14-12-17-7-3-4-9-20(17)27/h3-11,13,15H,12,14,16H2,1-2H3. The molecule has 0 aliphatic carbocycles. The van der Waals surface area contributed by atoms with Gasteiger partial charge in [-0.3, -0.25) is 19.5 Å². The minimum Gasteiger partial charge on any atom is -0.476 e. The molecule has 2 aliphatic rings. The predicted molar refractivity (Wildman–Crippen MR) is 118 cm³/mol. The summed E-state index contributed by atoms with van der Waals surface area (Å²) in [6.07, 6.45) is 2.55. The second-order valence-corrected chi connectivity index (χ2v) is 8.34. The Morgan fingerprint density at radius 1 is 1.06 bits per heavy atom. The monoisotopic (exact) mass is 413 g/mol. The van der Waals surface area contributed by atoms with Crippen LogP contribution in [0.1, 0.15) is 35.5 Å². The second kappa shape index (κ2) is 7.23. The number of fused-ring (bicyclic) bond motifs is 2. The summed E-state index contributed by atoms with van der Waals surface area (Å²) in [6, 6.07) is 18.9. The number of pyridine rings is 1. The number of rotatable bonds is 3. The fourth-order valence-corrected chi connectivity index (χ4v) is 4.22. The van der Waals surface area contributed by atoms with Crippen molar-refractivity contribution < 1.29 is 14.3 Å². The second-order valence-electron chi connectivity index (χ2n) is 8.34. The highest BCUT2D eigenvalue weighted by atomic mass is 16.5. The molecule has 5 rings (SSSR count). The Bertz CT molecular complexity index is 1170. The minimum absolute atomic E-state index is 0.0807. The molecule has 0 fully saturated rings. The van der Waals surface area contributed by atoms with Crippen molar-refractivity contribution >= 4 is 23.2 Å². The van der Waals surface area contributed by atoms with Crippen LogP contribution < -0.4 is 14.5 Å². The Kier molecular flexibility index (Phi) is 4.50. The third kappa shape index (κ3) is 3.34. The molecule has 0 atom stereocenters. The smallest absolute Gasteiger partial charge is 0.271 e. The van der Waals surface area contributed by atoms with Crippen molar-refractivity contribution in [3.05, 3.63) is 83.7 Å². The Morgan fingerprint density at radius 2 is 1.87 bits per heavy atom.